The summed E-state index contributed by atoms with van der Waals surface area (Å²) in [6, 6.07) is 66.1. The molecule has 3 aliphatic rings. The van der Waals surface area contributed by atoms with Gasteiger partial charge in [-0.15, -0.1) is 0 Å². The van der Waals surface area contributed by atoms with Crippen molar-refractivity contribution in [1.82, 2.24) is 4.98 Å². The fraction of sp³-hybridized carbons (Fsp3) is 0.103. The lowest BCUT2D eigenvalue weighted by Gasteiger charge is -2.37. The minimum Gasteiger partial charge on any atom is -0.354 e. The number of H-pyrrole nitrogens is 1. The highest BCUT2D eigenvalue weighted by Gasteiger charge is 2.40. The summed E-state index contributed by atoms with van der Waals surface area (Å²) in [7, 11) is 2.48. The number of aromatic nitrogens is 1. The van der Waals surface area contributed by atoms with Gasteiger partial charge in [-0.2, -0.15) is 0 Å². The number of benzene rings is 9. The molecule has 1 N–H and O–H groups in total. The monoisotopic (exact) mass is 777 g/mol. The van der Waals surface area contributed by atoms with Crippen LogP contribution >= 0.6 is 0 Å². The Labute approximate surface area is 357 Å². The molecule has 10 aromatic rings. The molecule has 9 aromatic carbocycles. The van der Waals surface area contributed by atoms with E-state index in [1.165, 1.54) is 116 Å². The third-order valence-corrected chi connectivity index (χ3v) is 14.4. The van der Waals surface area contributed by atoms with Gasteiger partial charge in [-0.3, -0.25) is 0 Å². The second kappa shape index (κ2) is 12.2. The van der Waals surface area contributed by atoms with Crippen molar-refractivity contribution in [2.45, 2.75) is 38.5 Å². The van der Waals surface area contributed by atoms with Crippen LogP contribution in [0, 0.1) is 0 Å². The van der Waals surface area contributed by atoms with Crippen LogP contribution in [0.1, 0.15) is 49.9 Å². The lowest BCUT2D eigenvalue weighted by molar-refractivity contribution is 0.660. The van der Waals surface area contributed by atoms with E-state index in [2.05, 4.69) is 221 Å². The van der Waals surface area contributed by atoms with Gasteiger partial charge in [0.15, 0.2) is 7.28 Å². The highest BCUT2D eigenvalue weighted by atomic mass is 15.1. The SMILES string of the molecule is CC1(C)c2ccccc2-c2cc(N3c4cc5c(cc4[B]c4c(-c6cccc7c6[nH]c6cc8ccccc8cc67)cc(-c6ccccc6)cc43)C(C)(C)c3ccccc3-5)ccc21. The molecule has 2 aliphatic carbocycles. The molecule has 61 heavy (non-hydrogen) atoms. The van der Waals surface area contributed by atoms with Gasteiger partial charge in [0.2, 0.25) is 0 Å². The Kier molecular flexibility index (Phi) is 6.97. The molecule has 0 spiro atoms. The molecule has 0 unspecified atom stereocenters. The molecule has 1 radical (unpaired) electrons. The number of hydrogen-bond acceptors (Lipinski definition) is 1. The molecule has 13 rings (SSSR count). The number of nitrogens with zero attached hydrogens (tertiary/aromatic N) is 1. The number of para-hydroxylation sites is 1. The first-order valence-electron chi connectivity index (χ1n) is 21.6. The van der Waals surface area contributed by atoms with Crippen LogP contribution in [-0.2, 0) is 10.8 Å². The van der Waals surface area contributed by atoms with Crippen LogP contribution < -0.4 is 15.8 Å². The van der Waals surface area contributed by atoms with Crippen LogP contribution in [0.5, 0.6) is 0 Å². The number of hydrogen-bond donors (Lipinski definition) is 1. The number of rotatable bonds is 3. The second-order valence-corrected chi connectivity index (χ2v) is 18.4. The van der Waals surface area contributed by atoms with Crippen LogP contribution in [0.4, 0.5) is 17.1 Å². The summed E-state index contributed by atoms with van der Waals surface area (Å²) < 4.78 is 0. The Hall–Kier alpha value is -7.10. The van der Waals surface area contributed by atoms with Crippen LogP contribution in [-0.4, -0.2) is 12.3 Å². The zero-order valence-electron chi connectivity index (χ0n) is 34.8. The van der Waals surface area contributed by atoms with Crippen molar-refractivity contribution in [2.75, 3.05) is 4.90 Å². The zero-order valence-corrected chi connectivity index (χ0v) is 34.8. The molecule has 0 bridgehead atoms. The summed E-state index contributed by atoms with van der Waals surface area (Å²) in [5, 5.41) is 4.98. The molecule has 1 aliphatic heterocycles. The molecule has 2 nitrogen and oxygen atoms in total. The van der Waals surface area contributed by atoms with Gasteiger partial charge in [-0.05, 0) is 120 Å². The van der Waals surface area contributed by atoms with Crippen LogP contribution in [0.3, 0.4) is 0 Å². The second-order valence-electron chi connectivity index (χ2n) is 18.4. The molecule has 0 saturated carbocycles. The first kappa shape index (κ1) is 34.7. The first-order chi connectivity index (χ1) is 29.7. The minimum atomic E-state index is -0.123. The van der Waals surface area contributed by atoms with E-state index in [4.69, 9.17) is 0 Å². The van der Waals surface area contributed by atoms with E-state index in [0.29, 0.717) is 0 Å². The Morgan fingerprint density at radius 3 is 1.84 bits per heavy atom. The Morgan fingerprint density at radius 2 is 1.07 bits per heavy atom. The molecule has 0 amide bonds. The third kappa shape index (κ3) is 4.81. The first-order valence-corrected chi connectivity index (χ1v) is 21.6. The molecule has 287 valence electrons. The summed E-state index contributed by atoms with van der Waals surface area (Å²) in [6.45, 7) is 9.50. The van der Waals surface area contributed by atoms with Crippen molar-refractivity contribution < 1.29 is 0 Å². The van der Waals surface area contributed by atoms with E-state index in [9.17, 15) is 0 Å². The van der Waals surface area contributed by atoms with Gasteiger partial charge in [-0.1, -0.05) is 167 Å². The molecule has 0 saturated heterocycles. The van der Waals surface area contributed by atoms with Crippen molar-refractivity contribution in [1.29, 1.82) is 0 Å². The predicted molar refractivity (Wildman–Crippen MR) is 259 cm³/mol. The van der Waals surface area contributed by atoms with Gasteiger partial charge in [0.25, 0.3) is 0 Å². The number of aromatic amines is 1. The number of anilines is 3. The van der Waals surface area contributed by atoms with Crippen molar-refractivity contribution in [3.8, 4) is 44.5 Å². The maximum atomic E-state index is 3.94. The average molecular weight is 778 g/mol. The van der Waals surface area contributed by atoms with E-state index < -0.39 is 0 Å². The summed E-state index contributed by atoms with van der Waals surface area (Å²) in [5.74, 6) is 0. The predicted octanol–water partition coefficient (Wildman–Crippen LogP) is 13.9. The lowest BCUT2D eigenvalue weighted by Crippen LogP contribution is -2.41. The quantitative estimate of drug-likeness (QED) is 0.177. The van der Waals surface area contributed by atoms with Gasteiger partial charge in [0.1, 0.15) is 0 Å². The number of fused-ring (bicyclic) bond motifs is 12. The standard InChI is InChI=1S/C58H42BN2/c1-57(2)47-23-12-10-19-39(47)43-31-38(25-26-49(43)57)61-53-32-44-40-20-11-13-24-48(40)58(3,4)50(44)33-51(53)59-55-46(28-37(30-54(55)61)34-15-6-5-7-16-34)42-22-14-21-41-45-27-35-17-8-9-18-36(35)29-52(45)60-56(41)42/h5-33,60H,1-4H3. The highest BCUT2D eigenvalue weighted by Crippen LogP contribution is 2.53. The molecule has 2 heterocycles. The normalized spacial score (nSPS) is 14.9. The third-order valence-electron chi connectivity index (χ3n) is 14.4. The van der Waals surface area contributed by atoms with E-state index in [1.54, 1.807) is 0 Å². The van der Waals surface area contributed by atoms with Gasteiger partial charge in [0.05, 0.1) is 5.52 Å². The van der Waals surface area contributed by atoms with Gasteiger partial charge in [0, 0.05) is 49.7 Å². The van der Waals surface area contributed by atoms with Crippen molar-refractivity contribution in [3.05, 3.63) is 198 Å². The highest BCUT2D eigenvalue weighted by molar-refractivity contribution is 6.73. The fourth-order valence-corrected chi connectivity index (χ4v) is 11.3. The van der Waals surface area contributed by atoms with E-state index in [1.807, 2.05) is 0 Å². The van der Waals surface area contributed by atoms with Gasteiger partial charge in [-0.25, -0.2) is 0 Å². The van der Waals surface area contributed by atoms with E-state index >= 15 is 0 Å². The Morgan fingerprint density at radius 1 is 0.426 bits per heavy atom. The van der Waals surface area contributed by atoms with Gasteiger partial charge >= 0.3 is 0 Å². The Balaban J connectivity index is 1.12. The lowest BCUT2D eigenvalue weighted by atomic mass is 9.57. The summed E-state index contributed by atoms with van der Waals surface area (Å²) in [5.41, 5.74) is 23.7. The summed E-state index contributed by atoms with van der Waals surface area (Å²) >= 11 is 0. The van der Waals surface area contributed by atoms with Crippen LogP contribution in [0.15, 0.2) is 176 Å². The minimum absolute atomic E-state index is 0.0795. The maximum Gasteiger partial charge on any atom is 0.197 e. The molecule has 0 atom stereocenters. The Bertz CT molecular complexity index is 3510. The molecule has 0 fully saturated rings. The average Bonchev–Trinajstić information content (AvgIpc) is 3.85. The molecular weight excluding hydrogens is 735 g/mol. The molecular formula is C58H42BN2. The van der Waals surface area contributed by atoms with Crippen LogP contribution in [0.25, 0.3) is 77.1 Å². The number of nitrogens with one attached hydrogen (secondary N) is 1. The van der Waals surface area contributed by atoms with E-state index in [-0.39, 0.29) is 10.8 Å². The summed E-state index contributed by atoms with van der Waals surface area (Å²) in [6.07, 6.45) is 0. The smallest absolute Gasteiger partial charge is 0.197 e. The largest absolute Gasteiger partial charge is 0.354 e. The maximum absolute atomic E-state index is 3.94. The van der Waals surface area contributed by atoms with Crippen molar-refractivity contribution >= 4 is 67.8 Å². The topological polar surface area (TPSA) is 19.0 Å². The van der Waals surface area contributed by atoms with Gasteiger partial charge < -0.3 is 9.88 Å². The molecule has 3 heteroatoms. The van der Waals surface area contributed by atoms with E-state index in [0.717, 1.165) is 11.0 Å². The molecule has 1 aromatic heterocycles. The van der Waals surface area contributed by atoms with Crippen molar-refractivity contribution in [3.63, 3.8) is 0 Å². The summed E-state index contributed by atoms with van der Waals surface area (Å²) in [4.78, 5) is 6.51. The zero-order chi connectivity index (χ0) is 40.8. The van der Waals surface area contributed by atoms with Crippen molar-refractivity contribution in [2.24, 2.45) is 0 Å². The fourth-order valence-electron chi connectivity index (χ4n) is 11.3. The van der Waals surface area contributed by atoms with Crippen LogP contribution in [0.2, 0.25) is 0 Å².